The summed E-state index contributed by atoms with van der Waals surface area (Å²) >= 11 is 0. The second-order valence-electron chi connectivity index (χ2n) is 9.61. The van der Waals surface area contributed by atoms with Gasteiger partial charge in [0.1, 0.15) is 0 Å². The lowest BCUT2D eigenvalue weighted by molar-refractivity contribution is -0.384. The molecule has 4 heteroatoms. The average Bonchev–Trinajstić information content (AvgIpc) is 3.28. The predicted octanol–water partition coefficient (Wildman–Crippen LogP) is 8.41. The van der Waals surface area contributed by atoms with Crippen molar-refractivity contribution in [2.24, 2.45) is 0 Å². The van der Waals surface area contributed by atoms with Gasteiger partial charge in [-0.2, -0.15) is 0 Å². The van der Waals surface area contributed by atoms with E-state index in [4.69, 9.17) is 0 Å². The molecule has 0 N–H and O–H groups in total. The summed E-state index contributed by atoms with van der Waals surface area (Å²) in [6.07, 6.45) is 8.55. The van der Waals surface area contributed by atoms with Gasteiger partial charge in [0.2, 0.25) is 0 Å². The number of rotatable bonds is 3. The zero-order chi connectivity index (χ0) is 24.2. The van der Waals surface area contributed by atoms with Crippen LogP contribution in [0.3, 0.4) is 0 Å². The molecule has 7 rings (SSSR count). The summed E-state index contributed by atoms with van der Waals surface area (Å²) < 4.78 is 2.38. The summed E-state index contributed by atoms with van der Waals surface area (Å²) in [6.45, 7) is 0. The molecule has 0 fully saturated rings. The first-order valence-corrected chi connectivity index (χ1v) is 12.5. The second kappa shape index (κ2) is 8.06. The third kappa shape index (κ3) is 3.07. The molecule has 36 heavy (non-hydrogen) atoms. The van der Waals surface area contributed by atoms with Gasteiger partial charge in [0, 0.05) is 28.4 Å². The Morgan fingerprint density at radius 2 is 1.56 bits per heavy atom. The quantitative estimate of drug-likeness (QED) is 0.197. The number of hydrogen-bond donors (Lipinski definition) is 0. The molecule has 0 atom stereocenters. The van der Waals surface area contributed by atoms with Gasteiger partial charge in [0.05, 0.1) is 16.0 Å². The zero-order valence-corrected chi connectivity index (χ0v) is 19.8. The molecule has 0 amide bonds. The van der Waals surface area contributed by atoms with Crippen molar-refractivity contribution in [2.45, 2.75) is 25.7 Å². The fourth-order valence-corrected chi connectivity index (χ4v) is 6.13. The number of nitrogens with zero attached hydrogens (tertiary/aromatic N) is 2. The first-order chi connectivity index (χ1) is 17.7. The third-order valence-electron chi connectivity index (χ3n) is 7.66. The van der Waals surface area contributed by atoms with Crippen LogP contribution in [-0.2, 0) is 6.42 Å². The standard InChI is InChI=1S/C32H24N2O2/c35-34(36)30-20-23-11-5-4-10-22(23)19-27(30)26-15-8-16-28-32(26)31-25-14-7-6-9-21(25)17-18-29(31)33(28)24-12-2-1-3-13-24/h1-6,8-13,15-16,19-20H,7,14,17-18H2. The van der Waals surface area contributed by atoms with Crippen LogP contribution in [0.1, 0.15) is 30.5 Å². The fraction of sp³-hybridized carbons (Fsp3) is 0.125. The van der Waals surface area contributed by atoms with Crippen molar-refractivity contribution in [3.8, 4) is 16.8 Å². The Kier molecular flexibility index (Phi) is 4.68. The van der Waals surface area contributed by atoms with Crippen LogP contribution in [0.15, 0.2) is 103 Å². The maximum absolute atomic E-state index is 12.3. The highest BCUT2D eigenvalue weighted by Gasteiger charge is 2.30. The summed E-state index contributed by atoms with van der Waals surface area (Å²) in [5, 5.41) is 15.3. The van der Waals surface area contributed by atoms with Crippen molar-refractivity contribution in [3.63, 3.8) is 0 Å². The van der Waals surface area contributed by atoms with Crippen LogP contribution in [-0.4, -0.2) is 9.49 Å². The molecule has 1 heterocycles. The van der Waals surface area contributed by atoms with E-state index in [-0.39, 0.29) is 10.6 Å². The Balaban J connectivity index is 1.63. The molecule has 2 aliphatic rings. The van der Waals surface area contributed by atoms with Crippen LogP contribution in [0.5, 0.6) is 0 Å². The molecule has 0 saturated heterocycles. The monoisotopic (exact) mass is 468 g/mol. The molecule has 174 valence electrons. The first-order valence-electron chi connectivity index (χ1n) is 12.5. The topological polar surface area (TPSA) is 48.1 Å². The number of benzene rings is 4. The van der Waals surface area contributed by atoms with Crippen molar-refractivity contribution in [1.82, 2.24) is 4.57 Å². The number of nitro benzene ring substituents is 1. The van der Waals surface area contributed by atoms with E-state index in [2.05, 4.69) is 53.1 Å². The number of aromatic nitrogens is 1. The first kappa shape index (κ1) is 20.9. The minimum atomic E-state index is -0.241. The maximum atomic E-state index is 12.3. The highest BCUT2D eigenvalue weighted by molar-refractivity contribution is 6.09. The molecule has 0 aliphatic heterocycles. The molecule has 0 unspecified atom stereocenters. The smallest absolute Gasteiger partial charge is 0.277 e. The number of fused-ring (bicyclic) bond motifs is 5. The predicted molar refractivity (Wildman–Crippen MR) is 146 cm³/mol. The van der Waals surface area contributed by atoms with E-state index in [0.29, 0.717) is 5.56 Å². The van der Waals surface area contributed by atoms with Gasteiger partial charge in [-0.3, -0.25) is 10.1 Å². The lowest BCUT2D eigenvalue weighted by Gasteiger charge is -2.24. The van der Waals surface area contributed by atoms with E-state index < -0.39 is 0 Å². The summed E-state index contributed by atoms with van der Waals surface area (Å²) in [5.74, 6) is 0. The molecular formula is C32H24N2O2. The summed E-state index contributed by atoms with van der Waals surface area (Å²) in [6, 6.07) is 28.3. The largest absolute Gasteiger partial charge is 0.313 e. The molecule has 4 nitrogen and oxygen atoms in total. The Labute approximate surface area is 209 Å². The highest BCUT2D eigenvalue weighted by atomic mass is 16.6. The van der Waals surface area contributed by atoms with Crippen LogP contribution in [0.2, 0.25) is 0 Å². The Morgan fingerprint density at radius 1 is 0.778 bits per heavy atom. The van der Waals surface area contributed by atoms with Gasteiger partial charge < -0.3 is 4.57 Å². The number of para-hydroxylation sites is 1. The summed E-state index contributed by atoms with van der Waals surface area (Å²) in [7, 11) is 0. The van der Waals surface area contributed by atoms with Gasteiger partial charge >= 0.3 is 0 Å². The van der Waals surface area contributed by atoms with E-state index in [1.165, 1.54) is 22.4 Å². The third-order valence-corrected chi connectivity index (χ3v) is 7.66. The van der Waals surface area contributed by atoms with Crippen LogP contribution in [0, 0.1) is 10.1 Å². The van der Waals surface area contributed by atoms with Crippen molar-refractivity contribution < 1.29 is 4.92 Å². The van der Waals surface area contributed by atoms with Gasteiger partial charge in [0.15, 0.2) is 0 Å². The van der Waals surface area contributed by atoms with Crippen LogP contribution in [0.25, 0.3) is 44.1 Å². The Bertz CT molecular complexity index is 1760. The van der Waals surface area contributed by atoms with Gasteiger partial charge in [0.25, 0.3) is 5.69 Å². The molecule has 4 aromatic carbocycles. The number of allylic oxidation sites excluding steroid dienone is 4. The lowest BCUT2D eigenvalue weighted by Crippen LogP contribution is -2.09. The maximum Gasteiger partial charge on any atom is 0.277 e. The van der Waals surface area contributed by atoms with Gasteiger partial charge in [-0.15, -0.1) is 0 Å². The van der Waals surface area contributed by atoms with Crippen LogP contribution in [0.4, 0.5) is 5.69 Å². The van der Waals surface area contributed by atoms with Gasteiger partial charge in [-0.25, -0.2) is 0 Å². The van der Waals surface area contributed by atoms with E-state index in [9.17, 15) is 10.1 Å². The van der Waals surface area contributed by atoms with Crippen molar-refractivity contribution >= 4 is 32.9 Å². The fourth-order valence-electron chi connectivity index (χ4n) is 6.13. The molecule has 5 aromatic rings. The van der Waals surface area contributed by atoms with Gasteiger partial charge in [-0.1, -0.05) is 66.7 Å². The van der Waals surface area contributed by atoms with Crippen molar-refractivity contribution in [2.75, 3.05) is 0 Å². The van der Waals surface area contributed by atoms with E-state index in [1.54, 1.807) is 6.07 Å². The zero-order valence-electron chi connectivity index (χ0n) is 19.8. The van der Waals surface area contributed by atoms with E-state index >= 15 is 0 Å². The average molecular weight is 469 g/mol. The normalized spacial score (nSPS) is 14.8. The van der Waals surface area contributed by atoms with Crippen molar-refractivity contribution in [3.05, 3.63) is 124 Å². The molecule has 2 aliphatic carbocycles. The van der Waals surface area contributed by atoms with Gasteiger partial charge in [-0.05, 0) is 77.4 Å². The minimum absolute atomic E-state index is 0.149. The van der Waals surface area contributed by atoms with Crippen LogP contribution >= 0.6 is 0 Å². The Hall–Kier alpha value is -4.44. The summed E-state index contributed by atoms with van der Waals surface area (Å²) in [4.78, 5) is 12.1. The molecule has 0 saturated carbocycles. The molecular weight excluding hydrogens is 444 g/mol. The van der Waals surface area contributed by atoms with E-state index in [0.717, 1.165) is 58.6 Å². The Morgan fingerprint density at radius 3 is 2.36 bits per heavy atom. The molecule has 0 spiro atoms. The highest BCUT2D eigenvalue weighted by Crippen LogP contribution is 2.48. The molecule has 1 aromatic heterocycles. The summed E-state index contributed by atoms with van der Waals surface area (Å²) in [5.41, 5.74) is 9.38. The number of hydrogen-bond acceptors (Lipinski definition) is 2. The minimum Gasteiger partial charge on any atom is -0.313 e. The molecule has 0 bridgehead atoms. The molecule has 0 radical (unpaired) electrons. The second-order valence-corrected chi connectivity index (χ2v) is 9.61. The van der Waals surface area contributed by atoms with E-state index in [1.807, 2.05) is 42.5 Å². The van der Waals surface area contributed by atoms with Crippen molar-refractivity contribution in [1.29, 1.82) is 0 Å². The SMILES string of the molecule is O=[N+]([O-])c1cc2ccccc2cc1-c1cccc2c1c1c(n2-c2ccccc2)CCC2=C1CCC=C2. The number of nitro groups is 1. The van der Waals surface area contributed by atoms with Crippen LogP contribution < -0.4 is 0 Å². The lowest BCUT2D eigenvalue weighted by atomic mass is 9.81.